The van der Waals surface area contributed by atoms with Gasteiger partial charge in [-0.2, -0.15) is 0 Å². The monoisotopic (exact) mass is 300 g/mol. The number of hydrogen-bond acceptors (Lipinski definition) is 6. The molecule has 0 spiro atoms. The van der Waals surface area contributed by atoms with Gasteiger partial charge in [-0.3, -0.25) is 9.52 Å². The van der Waals surface area contributed by atoms with Gasteiger partial charge >= 0.3 is 5.97 Å². The predicted molar refractivity (Wildman–Crippen MR) is 69.6 cm³/mol. The molecule has 0 unspecified atom stereocenters. The van der Waals surface area contributed by atoms with Gasteiger partial charge in [0.25, 0.3) is 5.09 Å². The van der Waals surface area contributed by atoms with E-state index in [2.05, 4.69) is 9.56 Å². The maximum absolute atomic E-state index is 11.4. The molecular weight excluding hydrogens is 288 g/mol. The quantitative estimate of drug-likeness (QED) is 0.323. The first-order valence-corrected chi connectivity index (χ1v) is 6.37. The predicted octanol–water partition coefficient (Wildman–Crippen LogP) is 1.50. The van der Waals surface area contributed by atoms with Crippen LogP contribution in [0.2, 0.25) is 0 Å². The van der Waals surface area contributed by atoms with Crippen molar-refractivity contribution in [2.24, 2.45) is 0 Å². The summed E-state index contributed by atoms with van der Waals surface area (Å²) < 4.78 is 2.54. The maximum atomic E-state index is 11.4. The zero-order valence-electron chi connectivity index (χ0n) is 10.3. The third kappa shape index (κ3) is 6.05. The lowest BCUT2D eigenvalue weighted by Crippen LogP contribution is -2.16. The molecule has 2 N–H and O–H groups in total. The van der Waals surface area contributed by atoms with Crippen molar-refractivity contribution in [3.8, 4) is 0 Å². The Morgan fingerprint density at radius 1 is 1.35 bits per heavy atom. The van der Waals surface area contributed by atoms with Crippen molar-refractivity contribution in [1.82, 2.24) is 4.72 Å². The van der Waals surface area contributed by atoms with Crippen LogP contribution in [0.1, 0.15) is 23.2 Å². The summed E-state index contributed by atoms with van der Waals surface area (Å²) in [5, 5.41) is 17.7. The van der Waals surface area contributed by atoms with Crippen molar-refractivity contribution in [2.75, 3.05) is 6.61 Å². The fraction of sp³-hybridized carbons (Fsp3) is 0.273. The van der Waals surface area contributed by atoms with E-state index >= 15 is 0 Å². The number of hydrogen-bond donors (Lipinski definition) is 2. The number of nitrogens with one attached hydrogen (secondary N) is 1. The minimum Gasteiger partial charge on any atom is -0.478 e. The van der Waals surface area contributed by atoms with E-state index in [1.54, 1.807) is 12.1 Å². The summed E-state index contributed by atoms with van der Waals surface area (Å²) in [6.07, 6.45) is 0.347. The van der Waals surface area contributed by atoms with Gasteiger partial charge in [0, 0.05) is 11.3 Å². The summed E-state index contributed by atoms with van der Waals surface area (Å²) >= 11 is 1.05. The lowest BCUT2D eigenvalue weighted by atomic mass is 10.2. The van der Waals surface area contributed by atoms with Crippen molar-refractivity contribution in [3.05, 3.63) is 39.9 Å². The molecule has 1 aromatic rings. The van der Waals surface area contributed by atoms with Crippen LogP contribution in [0.4, 0.5) is 0 Å². The van der Waals surface area contributed by atoms with Crippen molar-refractivity contribution in [1.29, 1.82) is 0 Å². The van der Waals surface area contributed by atoms with Gasteiger partial charge in [0.05, 0.1) is 12.2 Å². The Bertz CT molecular complexity index is 490. The van der Waals surface area contributed by atoms with Gasteiger partial charge in [-0.15, -0.1) is 10.1 Å². The fourth-order valence-corrected chi connectivity index (χ4v) is 1.81. The molecule has 8 nitrogen and oxygen atoms in total. The lowest BCUT2D eigenvalue weighted by molar-refractivity contribution is -0.757. The molecule has 0 saturated heterocycles. The number of amides is 1. The average Bonchev–Trinajstić information content (AvgIpc) is 2.41. The van der Waals surface area contributed by atoms with E-state index in [1.807, 2.05) is 0 Å². The molecule has 0 aliphatic rings. The summed E-state index contributed by atoms with van der Waals surface area (Å²) in [6, 6.07) is 6.01. The fourth-order valence-electron chi connectivity index (χ4n) is 1.20. The Morgan fingerprint density at radius 3 is 2.55 bits per heavy atom. The average molecular weight is 300 g/mol. The number of aromatic carboxylic acids is 1. The Kier molecular flexibility index (Phi) is 6.30. The number of rotatable bonds is 8. The molecule has 0 radical (unpaired) electrons. The van der Waals surface area contributed by atoms with E-state index in [1.165, 1.54) is 12.1 Å². The Balaban J connectivity index is 2.26. The zero-order valence-corrected chi connectivity index (χ0v) is 11.1. The van der Waals surface area contributed by atoms with Crippen LogP contribution >= 0.6 is 11.9 Å². The standard InChI is InChI=1S/C11H12N2O6S/c14-10(2-1-7-19-13(17)18)12-20-9-5-3-8(4-6-9)11(15)16/h3-6H,1-2,7H2,(H,12,14)(H,15,16). The molecule has 0 aliphatic heterocycles. The van der Waals surface area contributed by atoms with Crippen molar-refractivity contribution in [2.45, 2.75) is 17.7 Å². The first kappa shape index (κ1) is 15.8. The highest BCUT2D eigenvalue weighted by molar-refractivity contribution is 7.98. The summed E-state index contributed by atoms with van der Waals surface area (Å²) in [4.78, 5) is 36.6. The number of nitrogens with zero attached hydrogens (tertiary/aromatic N) is 1. The topological polar surface area (TPSA) is 119 Å². The van der Waals surface area contributed by atoms with Crippen LogP contribution in [-0.4, -0.2) is 28.7 Å². The number of carbonyl (C=O) groups excluding carboxylic acids is 1. The molecule has 108 valence electrons. The number of benzene rings is 1. The van der Waals surface area contributed by atoms with Crippen LogP contribution in [0, 0.1) is 10.1 Å². The van der Waals surface area contributed by atoms with Gasteiger partial charge in [-0.05, 0) is 42.6 Å². The van der Waals surface area contributed by atoms with Gasteiger partial charge in [-0.25, -0.2) is 4.79 Å². The SMILES string of the molecule is O=C(CCCO[N+](=O)[O-])NSc1ccc(C(=O)O)cc1. The molecule has 0 heterocycles. The normalized spacial score (nSPS) is 9.80. The molecule has 1 aromatic carbocycles. The largest absolute Gasteiger partial charge is 0.478 e. The lowest BCUT2D eigenvalue weighted by Gasteiger charge is -2.04. The molecule has 1 rings (SSSR count). The van der Waals surface area contributed by atoms with E-state index in [4.69, 9.17) is 5.11 Å². The zero-order chi connectivity index (χ0) is 15.0. The highest BCUT2D eigenvalue weighted by Crippen LogP contribution is 2.15. The van der Waals surface area contributed by atoms with Crippen molar-refractivity contribution < 1.29 is 24.6 Å². The molecular formula is C11H12N2O6S. The Morgan fingerprint density at radius 2 is 2.00 bits per heavy atom. The molecule has 0 saturated carbocycles. The van der Waals surface area contributed by atoms with E-state index in [-0.39, 0.29) is 30.9 Å². The summed E-state index contributed by atoms with van der Waals surface area (Å²) in [5.41, 5.74) is 0.164. The highest BCUT2D eigenvalue weighted by atomic mass is 32.2. The van der Waals surface area contributed by atoms with Gasteiger partial charge in [0.1, 0.15) is 0 Å². The van der Waals surface area contributed by atoms with Crippen molar-refractivity contribution >= 4 is 23.8 Å². The van der Waals surface area contributed by atoms with E-state index in [0.29, 0.717) is 4.90 Å². The van der Waals surface area contributed by atoms with Gasteiger partial charge < -0.3 is 9.94 Å². The highest BCUT2D eigenvalue weighted by Gasteiger charge is 2.05. The van der Waals surface area contributed by atoms with Gasteiger partial charge in [0.2, 0.25) is 5.91 Å². The van der Waals surface area contributed by atoms with E-state index in [9.17, 15) is 19.7 Å². The molecule has 0 fully saturated rings. The molecule has 20 heavy (non-hydrogen) atoms. The Labute approximate surface area is 118 Å². The first-order chi connectivity index (χ1) is 9.49. The maximum Gasteiger partial charge on any atom is 0.335 e. The number of carboxylic acids is 1. The van der Waals surface area contributed by atoms with Crippen LogP contribution in [0.3, 0.4) is 0 Å². The first-order valence-electron chi connectivity index (χ1n) is 5.55. The summed E-state index contributed by atoms with van der Waals surface area (Å²) in [7, 11) is 0. The molecule has 0 atom stereocenters. The molecule has 9 heteroatoms. The number of carboxylic acid groups (broad SMARTS) is 1. The molecule has 0 aliphatic carbocycles. The molecule has 0 bridgehead atoms. The van der Waals surface area contributed by atoms with Crippen LogP contribution in [0.5, 0.6) is 0 Å². The Hall–Kier alpha value is -2.29. The van der Waals surface area contributed by atoms with Crippen LogP contribution < -0.4 is 4.72 Å². The molecule has 1 amide bonds. The minimum absolute atomic E-state index is 0.105. The third-order valence-electron chi connectivity index (χ3n) is 2.13. The van der Waals surface area contributed by atoms with Crippen LogP contribution in [-0.2, 0) is 9.63 Å². The summed E-state index contributed by atoms with van der Waals surface area (Å²) in [5.74, 6) is -1.30. The second kappa shape index (κ2) is 8.00. The number of carbonyl (C=O) groups is 2. The van der Waals surface area contributed by atoms with Crippen LogP contribution in [0.25, 0.3) is 0 Å². The second-order valence-corrected chi connectivity index (χ2v) is 4.50. The minimum atomic E-state index is -1.02. The summed E-state index contributed by atoms with van der Waals surface area (Å²) in [6.45, 7) is -0.127. The van der Waals surface area contributed by atoms with Crippen molar-refractivity contribution in [3.63, 3.8) is 0 Å². The third-order valence-corrected chi connectivity index (χ3v) is 2.97. The molecule has 0 aromatic heterocycles. The van der Waals surface area contributed by atoms with Crippen LogP contribution in [0.15, 0.2) is 29.2 Å². The van der Waals surface area contributed by atoms with Gasteiger partial charge in [0.15, 0.2) is 0 Å². The van der Waals surface area contributed by atoms with E-state index < -0.39 is 11.1 Å². The smallest absolute Gasteiger partial charge is 0.335 e. The van der Waals surface area contributed by atoms with Gasteiger partial charge in [-0.1, -0.05) is 0 Å². The second-order valence-electron chi connectivity index (χ2n) is 3.62. The van der Waals surface area contributed by atoms with E-state index in [0.717, 1.165) is 11.9 Å².